The lowest BCUT2D eigenvalue weighted by atomic mass is 10.2. The number of carbonyl (C=O) groups excluding carboxylic acids is 1. The highest BCUT2D eigenvalue weighted by Crippen LogP contribution is 2.39. The maximum atomic E-state index is 12.9. The Morgan fingerprint density at radius 3 is 2.54 bits per heavy atom. The average molecular weight is 382 g/mol. The van der Waals surface area contributed by atoms with Crippen LogP contribution in [0.25, 0.3) is 0 Å². The summed E-state index contributed by atoms with van der Waals surface area (Å²) in [5, 5.41) is 7.69. The number of nitrogens with one attached hydrogen (secondary N) is 1. The van der Waals surface area contributed by atoms with Gasteiger partial charge in [0.25, 0.3) is 0 Å². The van der Waals surface area contributed by atoms with Gasteiger partial charge < -0.3 is 9.80 Å². The van der Waals surface area contributed by atoms with E-state index in [1.165, 1.54) is 24.1 Å². The van der Waals surface area contributed by atoms with Crippen LogP contribution in [0.1, 0.15) is 43.9 Å². The highest BCUT2D eigenvalue weighted by Gasteiger charge is 2.28. The van der Waals surface area contributed by atoms with Crippen molar-refractivity contribution in [2.24, 2.45) is 0 Å². The summed E-state index contributed by atoms with van der Waals surface area (Å²) in [7, 11) is 0. The topological polar surface area (TPSA) is 55.5 Å². The average Bonchev–Trinajstić information content (AvgIpc) is 3.44. The third-order valence-electron chi connectivity index (χ3n) is 5.80. The van der Waals surface area contributed by atoms with E-state index in [2.05, 4.69) is 52.0 Å². The molecular formula is C22H31N5O. The number of aromatic amines is 1. The zero-order valence-electron chi connectivity index (χ0n) is 17.0. The van der Waals surface area contributed by atoms with Gasteiger partial charge in [0.15, 0.2) is 5.82 Å². The molecule has 150 valence electrons. The van der Waals surface area contributed by atoms with E-state index in [1.807, 2.05) is 23.1 Å². The van der Waals surface area contributed by atoms with Crippen molar-refractivity contribution in [2.75, 3.05) is 37.6 Å². The van der Waals surface area contributed by atoms with Gasteiger partial charge in [0, 0.05) is 56.4 Å². The minimum Gasteiger partial charge on any atom is -0.353 e. The lowest BCUT2D eigenvalue weighted by Crippen LogP contribution is -2.51. The first kappa shape index (κ1) is 19.0. The summed E-state index contributed by atoms with van der Waals surface area (Å²) in [6.07, 6.45) is 2.57. The maximum absolute atomic E-state index is 12.9. The summed E-state index contributed by atoms with van der Waals surface area (Å²) < 4.78 is 0. The van der Waals surface area contributed by atoms with Gasteiger partial charge in [-0.2, -0.15) is 5.10 Å². The third-order valence-corrected chi connectivity index (χ3v) is 5.80. The molecule has 2 fully saturated rings. The zero-order chi connectivity index (χ0) is 19.5. The molecule has 1 aromatic heterocycles. The summed E-state index contributed by atoms with van der Waals surface area (Å²) in [5.41, 5.74) is 2.46. The van der Waals surface area contributed by atoms with E-state index in [4.69, 9.17) is 0 Å². The summed E-state index contributed by atoms with van der Waals surface area (Å²) >= 11 is 0. The molecule has 28 heavy (non-hydrogen) atoms. The number of rotatable bonds is 7. The second-order valence-electron chi connectivity index (χ2n) is 8.32. The molecule has 2 aromatic rings. The monoisotopic (exact) mass is 381 g/mol. The molecule has 1 saturated heterocycles. The number of hydrogen-bond donors (Lipinski definition) is 1. The highest BCUT2D eigenvalue weighted by atomic mass is 16.2. The first-order valence-electron chi connectivity index (χ1n) is 10.5. The zero-order valence-corrected chi connectivity index (χ0v) is 17.0. The molecule has 0 spiro atoms. The van der Waals surface area contributed by atoms with E-state index in [1.54, 1.807) is 0 Å². The van der Waals surface area contributed by atoms with Crippen molar-refractivity contribution in [3.05, 3.63) is 47.7 Å². The van der Waals surface area contributed by atoms with Crippen LogP contribution in [0.3, 0.4) is 0 Å². The van der Waals surface area contributed by atoms with Gasteiger partial charge in [-0.3, -0.25) is 14.8 Å². The Balaban J connectivity index is 1.29. The van der Waals surface area contributed by atoms with E-state index in [0.29, 0.717) is 19.0 Å². The van der Waals surface area contributed by atoms with Crippen LogP contribution in [0, 0.1) is 0 Å². The SMILES string of the molecule is CC(C)N(Cc1ccccc1)C(=O)CN1CCN(c2cc(C3CC3)[nH]n2)CC1. The van der Waals surface area contributed by atoms with E-state index in [-0.39, 0.29) is 11.9 Å². The number of amides is 1. The summed E-state index contributed by atoms with van der Waals surface area (Å²) in [6, 6.07) is 12.6. The van der Waals surface area contributed by atoms with Crippen molar-refractivity contribution in [2.45, 2.75) is 45.2 Å². The van der Waals surface area contributed by atoms with Crippen molar-refractivity contribution < 1.29 is 4.79 Å². The van der Waals surface area contributed by atoms with Crippen LogP contribution in [-0.4, -0.2) is 64.7 Å². The van der Waals surface area contributed by atoms with Crippen molar-refractivity contribution in [3.8, 4) is 0 Å². The molecule has 1 N–H and O–H groups in total. The number of anilines is 1. The molecule has 1 amide bonds. The molecule has 1 aromatic carbocycles. The van der Waals surface area contributed by atoms with Gasteiger partial charge in [0.1, 0.15) is 0 Å². The Kier molecular flexibility index (Phi) is 5.67. The van der Waals surface area contributed by atoms with E-state index < -0.39 is 0 Å². The van der Waals surface area contributed by atoms with Crippen molar-refractivity contribution in [1.29, 1.82) is 0 Å². The van der Waals surface area contributed by atoms with Crippen LogP contribution in [-0.2, 0) is 11.3 Å². The summed E-state index contributed by atoms with van der Waals surface area (Å²) in [6.45, 7) is 8.98. The lowest BCUT2D eigenvalue weighted by Gasteiger charge is -2.36. The number of benzene rings is 1. The lowest BCUT2D eigenvalue weighted by molar-refractivity contribution is -0.134. The Hall–Kier alpha value is -2.34. The van der Waals surface area contributed by atoms with Gasteiger partial charge in [0.05, 0.1) is 6.54 Å². The summed E-state index contributed by atoms with van der Waals surface area (Å²) in [5.74, 6) is 1.97. The number of hydrogen-bond acceptors (Lipinski definition) is 4. The quantitative estimate of drug-likeness (QED) is 0.801. The van der Waals surface area contributed by atoms with Gasteiger partial charge >= 0.3 is 0 Å². The predicted molar refractivity (Wildman–Crippen MR) is 111 cm³/mol. The largest absolute Gasteiger partial charge is 0.353 e. The molecular weight excluding hydrogens is 350 g/mol. The molecule has 0 unspecified atom stereocenters. The maximum Gasteiger partial charge on any atom is 0.237 e. The smallest absolute Gasteiger partial charge is 0.237 e. The molecule has 1 aliphatic carbocycles. The van der Waals surface area contributed by atoms with Gasteiger partial charge in [-0.05, 0) is 32.3 Å². The molecule has 6 nitrogen and oxygen atoms in total. The van der Waals surface area contributed by atoms with Crippen LogP contribution >= 0.6 is 0 Å². The predicted octanol–water partition coefficient (Wildman–Crippen LogP) is 2.85. The molecule has 6 heteroatoms. The first-order valence-corrected chi connectivity index (χ1v) is 10.5. The molecule has 0 bridgehead atoms. The van der Waals surface area contributed by atoms with Crippen LogP contribution < -0.4 is 4.90 Å². The Labute approximate surface area is 167 Å². The van der Waals surface area contributed by atoms with E-state index >= 15 is 0 Å². The fourth-order valence-corrected chi connectivity index (χ4v) is 3.85. The number of H-pyrrole nitrogens is 1. The number of carbonyl (C=O) groups is 1. The Bertz CT molecular complexity index is 775. The minimum atomic E-state index is 0.193. The van der Waals surface area contributed by atoms with Crippen molar-refractivity contribution in [1.82, 2.24) is 20.0 Å². The number of piperazine rings is 1. The standard InChI is InChI=1S/C22H31N5O/c1-17(2)27(15-18-6-4-3-5-7-18)22(28)16-25-10-12-26(13-11-25)21-14-20(23-24-21)19-8-9-19/h3-7,14,17,19H,8-13,15-16H2,1-2H3,(H,23,24). The molecule has 2 aliphatic rings. The second kappa shape index (κ2) is 8.35. The van der Waals surface area contributed by atoms with E-state index in [0.717, 1.165) is 32.0 Å². The molecule has 0 atom stereocenters. The van der Waals surface area contributed by atoms with Crippen LogP contribution in [0.4, 0.5) is 5.82 Å². The van der Waals surface area contributed by atoms with Gasteiger partial charge in [-0.15, -0.1) is 0 Å². The van der Waals surface area contributed by atoms with Gasteiger partial charge in [0.2, 0.25) is 5.91 Å². The van der Waals surface area contributed by atoms with Gasteiger partial charge in [-0.25, -0.2) is 0 Å². The normalized spacial score (nSPS) is 17.9. The van der Waals surface area contributed by atoms with Gasteiger partial charge in [-0.1, -0.05) is 30.3 Å². The molecule has 1 saturated carbocycles. The molecule has 0 radical (unpaired) electrons. The van der Waals surface area contributed by atoms with Crippen LogP contribution in [0.15, 0.2) is 36.4 Å². The molecule has 2 heterocycles. The van der Waals surface area contributed by atoms with Crippen LogP contribution in [0.5, 0.6) is 0 Å². The van der Waals surface area contributed by atoms with Crippen molar-refractivity contribution in [3.63, 3.8) is 0 Å². The molecule has 4 rings (SSSR count). The Morgan fingerprint density at radius 1 is 1.18 bits per heavy atom. The third kappa shape index (κ3) is 4.55. The second-order valence-corrected chi connectivity index (χ2v) is 8.32. The fourth-order valence-electron chi connectivity index (χ4n) is 3.85. The number of aromatic nitrogens is 2. The van der Waals surface area contributed by atoms with Crippen LogP contribution in [0.2, 0.25) is 0 Å². The molecule has 1 aliphatic heterocycles. The van der Waals surface area contributed by atoms with E-state index in [9.17, 15) is 4.79 Å². The highest BCUT2D eigenvalue weighted by molar-refractivity contribution is 5.78. The number of nitrogens with zero attached hydrogens (tertiary/aromatic N) is 4. The summed E-state index contributed by atoms with van der Waals surface area (Å²) in [4.78, 5) is 19.5. The van der Waals surface area contributed by atoms with Crippen molar-refractivity contribution >= 4 is 11.7 Å². The Morgan fingerprint density at radius 2 is 1.89 bits per heavy atom. The minimum absolute atomic E-state index is 0.193. The first-order chi connectivity index (χ1) is 13.6. The fraction of sp³-hybridized carbons (Fsp3) is 0.545.